The third kappa shape index (κ3) is 1.68. The van der Waals surface area contributed by atoms with Gasteiger partial charge in [-0.2, -0.15) is 0 Å². The highest BCUT2D eigenvalue weighted by Gasteiger charge is 2.66. The van der Waals surface area contributed by atoms with Crippen LogP contribution < -0.4 is 5.63 Å². The molecule has 2 heterocycles. The van der Waals surface area contributed by atoms with Crippen LogP contribution in [0.1, 0.15) is 63.0 Å². The monoisotopic (exact) mass is 330 g/mol. The van der Waals surface area contributed by atoms with Gasteiger partial charge in [-0.15, -0.1) is 0 Å². The van der Waals surface area contributed by atoms with Crippen LogP contribution in [0.2, 0.25) is 0 Å². The summed E-state index contributed by atoms with van der Waals surface area (Å²) in [6, 6.07) is 1.49. The van der Waals surface area contributed by atoms with Crippen LogP contribution >= 0.6 is 0 Å². The van der Waals surface area contributed by atoms with Crippen LogP contribution in [-0.4, -0.2) is 17.2 Å². The Hall–Kier alpha value is -1.88. The fourth-order valence-corrected chi connectivity index (χ4v) is 5.07. The Balaban J connectivity index is 2.06. The summed E-state index contributed by atoms with van der Waals surface area (Å²) in [7, 11) is 0. The molecule has 0 spiro atoms. The van der Waals surface area contributed by atoms with Crippen LogP contribution in [0.5, 0.6) is 0 Å². The second kappa shape index (κ2) is 4.60. The molecular weight excluding hydrogens is 308 g/mol. The van der Waals surface area contributed by atoms with Gasteiger partial charge in [0.1, 0.15) is 18.0 Å². The molecule has 5 unspecified atom stereocenters. The second-order valence-corrected chi connectivity index (χ2v) is 8.01. The van der Waals surface area contributed by atoms with Crippen molar-refractivity contribution >= 4 is 5.97 Å². The normalized spacial score (nSPS) is 39.6. The number of carbonyl (C=O) groups excluding carboxylic acids is 1. The van der Waals surface area contributed by atoms with Crippen molar-refractivity contribution in [2.75, 3.05) is 0 Å². The number of esters is 1. The van der Waals surface area contributed by atoms with Gasteiger partial charge in [0.15, 0.2) is 0 Å². The van der Waals surface area contributed by atoms with E-state index >= 15 is 0 Å². The fraction of sp³-hybridized carbons (Fsp3) is 0.579. The van der Waals surface area contributed by atoms with Gasteiger partial charge in [0.2, 0.25) is 0 Å². The SMILES string of the molecule is CC(C)c1oc(=O)cc2c1C(O)C1OC(=O)C3(C)C=CCC2(C)C13. The highest BCUT2D eigenvalue weighted by atomic mass is 16.6. The summed E-state index contributed by atoms with van der Waals surface area (Å²) in [5, 5.41) is 11.0. The molecule has 5 heteroatoms. The largest absolute Gasteiger partial charge is 0.458 e. The minimum atomic E-state index is -0.975. The number of aliphatic hydroxyl groups excluding tert-OH is 1. The Morgan fingerprint density at radius 3 is 2.67 bits per heavy atom. The lowest BCUT2D eigenvalue weighted by atomic mass is 9.51. The summed E-state index contributed by atoms with van der Waals surface area (Å²) in [5.41, 5.74) is -0.213. The number of hydrogen-bond donors (Lipinski definition) is 1. The van der Waals surface area contributed by atoms with Crippen molar-refractivity contribution in [1.82, 2.24) is 0 Å². The number of allylic oxidation sites excluding steroid dienone is 1. The quantitative estimate of drug-likeness (QED) is 0.632. The van der Waals surface area contributed by atoms with Crippen molar-refractivity contribution in [3.8, 4) is 0 Å². The maximum Gasteiger partial charge on any atom is 0.336 e. The highest BCUT2D eigenvalue weighted by Crippen LogP contribution is 2.61. The Bertz CT molecular complexity index is 820. The van der Waals surface area contributed by atoms with Gasteiger partial charge in [-0.05, 0) is 18.9 Å². The molecule has 0 aromatic carbocycles. The van der Waals surface area contributed by atoms with Crippen LogP contribution in [0, 0.1) is 11.3 Å². The zero-order chi connectivity index (χ0) is 17.4. The van der Waals surface area contributed by atoms with Gasteiger partial charge in [0.25, 0.3) is 0 Å². The van der Waals surface area contributed by atoms with Gasteiger partial charge < -0.3 is 14.3 Å². The van der Waals surface area contributed by atoms with Gasteiger partial charge in [-0.3, -0.25) is 4.79 Å². The van der Waals surface area contributed by atoms with E-state index in [1.165, 1.54) is 6.07 Å². The van der Waals surface area contributed by atoms with E-state index in [-0.39, 0.29) is 17.8 Å². The lowest BCUT2D eigenvalue weighted by molar-refractivity contribution is -0.150. The van der Waals surface area contributed by atoms with Crippen LogP contribution in [0.3, 0.4) is 0 Å². The lowest BCUT2D eigenvalue weighted by Gasteiger charge is -2.50. The average molecular weight is 330 g/mol. The third-order valence-corrected chi connectivity index (χ3v) is 6.12. The van der Waals surface area contributed by atoms with Gasteiger partial charge in [-0.25, -0.2) is 4.79 Å². The predicted octanol–water partition coefficient (Wildman–Crippen LogP) is 2.58. The Morgan fingerprint density at radius 2 is 2.00 bits per heavy atom. The standard InChI is InChI=1S/C19H22O5/c1-9(2)14-12-10(8-11(20)23-14)18(3)6-5-7-19(4)16(18)15(13(12)21)24-17(19)22/h5,7-9,13,15-16,21H,6H2,1-4H3. The summed E-state index contributed by atoms with van der Waals surface area (Å²) < 4.78 is 11.0. The van der Waals surface area contributed by atoms with Crippen molar-refractivity contribution in [3.63, 3.8) is 0 Å². The molecule has 2 aliphatic carbocycles. The zero-order valence-corrected chi connectivity index (χ0v) is 14.3. The predicted molar refractivity (Wildman–Crippen MR) is 86.6 cm³/mol. The van der Waals surface area contributed by atoms with E-state index in [1.807, 2.05) is 32.9 Å². The van der Waals surface area contributed by atoms with Crippen molar-refractivity contribution < 1.29 is 19.1 Å². The maximum absolute atomic E-state index is 12.5. The topological polar surface area (TPSA) is 76.7 Å². The Morgan fingerprint density at radius 1 is 1.29 bits per heavy atom. The summed E-state index contributed by atoms with van der Waals surface area (Å²) in [5.74, 6) is -0.0716. The lowest BCUT2D eigenvalue weighted by Crippen LogP contribution is -2.52. The van der Waals surface area contributed by atoms with Gasteiger partial charge in [0.05, 0.1) is 5.41 Å². The minimum Gasteiger partial charge on any atom is -0.458 e. The van der Waals surface area contributed by atoms with E-state index < -0.39 is 28.7 Å². The molecule has 0 radical (unpaired) electrons. The van der Waals surface area contributed by atoms with Crippen LogP contribution in [0.4, 0.5) is 0 Å². The first-order valence-electron chi connectivity index (χ1n) is 8.45. The number of fused-ring (bicyclic) bond motifs is 2. The highest BCUT2D eigenvalue weighted by molar-refractivity contribution is 5.83. The van der Waals surface area contributed by atoms with Crippen LogP contribution in [0.15, 0.2) is 27.4 Å². The maximum atomic E-state index is 12.5. The number of carbonyl (C=O) groups is 1. The smallest absolute Gasteiger partial charge is 0.336 e. The van der Waals surface area contributed by atoms with Crippen molar-refractivity contribution in [1.29, 1.82) is 0 Å². The molecule has 128 valence electrons. The number of hydrogen-bond acceptors (Lipinski definition) is 5. The summed E-state index contributed by atoms with van der Waals surface area (Å²) >= 11 is 0. The number of aliphatic hydroxyl groups is 1. The molecule has 5 atom stereocenters. The second-order valence-electron chi connectivity index (χ2n) is 8.01. The number of rotatable bonds is 1. The van der Waals surface area contributed by atoms with Crippen molar-refractivity contribution in [3.05, 3.63) is 45.5 Å². The molecule has 5 nitrogen and oxygen atoms in total. The number of ether oxygens (including phenoxy) is 1. The van der Waals surface area contributed by atoms with Crippen molar-refractivity contribution in [2.45, 2.75) is 57.7 Å². The molecule has 1 fully saturated rings. The fourth-order valence-electron chi connectivity index (χ4n) is 5.07. The molecule has 0 saturated carbocycles. The molecule has 3 aliphatic rings. The first kappa shape index (κ1) is 15.6. The molecule has 4 rings (SSSR count). The molecule has 1 aromatic heterocycles. The summed E-state index contributed by atoms with van der Waals surface area (Å²) in [6.07, 6.45) is 2.99. The minimum absolute atomic E-state index is 0.0509. The molecule has 1 saturated heterocycles. The average Bonchev–Trinajstić information content (AvgIpc) is 2.78. The van der Waals surface area contributed by atoms with Crippen molar-refractivity contribution in [2.24, 2.45) is 11.3 Å². The third-order valence-electron chi connectivity index (χ3n) is 6.12. The zero-order valence-electron chi connectivity index (χ0n) is 14.3. The van der Waals surface area contributed by atoms with Crippen LogP contribution in [-0.2, 0) is 14.9 Å². The first-order valence-corrected chi connectivity index (χ1v) is 8.45. The van der Waals surface area contributed by atoms with Crippen LogP contribution in [0.25, 0.3) is 0 Å². The van der Waals surface area contributed by atoms with Gasteiger partial charge >= 0.3 is 11.6 Å². The van der Waals surface area contributed by atoms with E-state index in [0.29, 0.717) is 17.7 Å². The molecule has 0 bridgehead atoms. The molecule has 24 heavy (non-hydrogen) atoms. The molecule has 1 N–H and O–H groups in total. The van der Waals surface area contributed by atoms with E-state index in [4.69, 9.17) is 9.15 Å². The van der Waals surface area contributed by atoms with Gasteiger partial charge in [-0.1, -0.05) is 32.9 Å². The first-order chi connectivity index (χ1) is 11.2. The molecule has 1 aromatic rings. The molecule has 0 amide bonds. The van der Waals surface area contributed by atoms with E-state index in [1.54, 1.807) is 0 Å². The Kier molecular flexibility index (Phi) is 3.00. The summed E-state index contributed by atoms with van der Waals surface area (Å²) in [6.45, 7) is 7.76. The van der Waals surface area contributed by atoms with E-state index in [9.17, 15) is 14.7 Å². The van der Waals surface area contributed by atoms with Gasteiger partial charge in [0, 0.05) is 28.9 Å². The Labute approximate surface area is 140 Å². The van der Waals surface area contributed by atoms with E-state index in [2.05, 4.69) is 6.92 Å². The molecular formula is C19H22O5. The molecule has 1 aliphatic heterocycles. The summed E-state index contributed by atoms with van der Waals surface area (Å²) in [4.78, 5) is 24.7. The van der Waals surface area contributed by atoms with E-state index in [0.717, 1.165) is 5.56 Å².